The van der Waals surface area contributed by atoms with Crippen LogP contribution in [0.3, 0.4) is 0 Å². The smallest absolute Gasteiger partial charge is 0.0664 e. The highest BCUT2D eigenvalue weighted by molar-refractivity contribution is 7.80. The molecule has 0 aliphatic carbocycles. The van der Waals surface area contributed by atoms with Gasteiger partial charge in [-0.15, -0.1) is 0 Å². The Bertz CT molecular complexity index is 308. The van der Waals surface area contributed by atoms with Crippen LogP contribution in [0.25, 0.3) is 6.08 Å². The van der Waals surface area contributed by atoms with E-state index in [-0.39, 0.29) is 0 Å². The molecule has 13 heavy (non-hydrogen) atoms. The Balaban J connectivity index is 2.83. The SMILES string of the molecule is SCCC=Cc1cccc(Cl)c1Cl. The fraction of sp³-hybridized carbons (Fsp3) is 0.200. The van der Waals surface area contributed by atoms with Crippen molar-refractivity contribution in [1.29, 1.82) is 0 Å². The Morgan fingerprint density at radius 3 is 2.77 bits per heavy atom. The maximum atomic E-state index is 5.97. The van der Waals surface area contributed by atoms with E-state index in [1.54, 1.807) is 6.07 Å². The van der Waals surface area contributed by atoms with Crippen molar-refractivity contribution in [2.45, 2.75) is 6.42 Å². The zero-order valence-corrected chi connectivity index (χ0v) is 9.41. The van der Waals surface area contributed by atoms with Gasteiger partial charge in [0.1, 0.15) is 0 Å². The second-order valence-corrected chi connectivity index (χ2v) is 3.79. The zero-order valence-electron chi connectivity index (χ0n) is 7.00. The van der Waals surface area contributed by atoms with Gasteiger partial charge in [0.05, 0.1) is 10.0 Å². The first-order valence-electron chi connectivity index (χ1n) is 3.97. The average Bonchev–Trinajstić information content (AvgIpc) is 2.13. The van der Waals surface area contributed by atoms with Crippen LogP contribution in [0.4, 0.5) is 0 Å². The molecule has 0 spiro atoms. The molecular formula is C10H10Cl2S. The van der Waals surface area contributed by atoms with Crippen LogP contribution in [0.5, 0.6) is 0 Å². The standard InChI is InChI=1S/C10H10Cl2S/c11-9-6-3-5-8(10(9)12)4-1-2-7-13/h1,3-6,13H,2,7H2. The monoisotopic (exact) mass is 232 g/mol. The zero-order chi connectivity index (χ0) is 9.68. The van der Waals surface area contributed by atoms with Crippen LogP contribution in [0.1, 0.15) is 12.0 Å². The van der Waals surface area contributed by atoms with Crippen molar-refractivity contribution in [2.24, 2.45) is 0 Å². The molecule has 0 aliphatic rings. The summed E-state index contributed by atoms with van der Waals surface area (Å²) in [7, 11) is 0. The third-order valence-corrected chi connectivity index (χ3v) is 2.67. The van der Waals surface area contributed by atoms with E-state index >= 15 is 0 Å². The van der Waals surface area contributed by atoms with Gasteiger partial charge < -0.3 is 0 Å². The highest BCUT2D eigenvalue weighted by atomic mass is 35.5. The Labute approximate surface area is 94.0 Å². The van der Waals surface area contributed by atoms with E-state index in [4.69, 9.17) is 23.2 Å². The summed E-state index contributed by atoms with van der Waals surface area (Å²) in [6, 6.07) is 5.59. The molecule has 0 heterocycles. The number of allylic oxidation sites excluding steroid dienone is 1. The lowest BCUT2D eigenvalue weighted by Gasteiger charge is -1.99. The largest absolute Gasteiger partial charge is 0.179 e. The highest BCUT2D eigenvalue weighted by Crippen LogP contribution is 2.26. The summed E-state index contributed by atoms with van der Waals surface area (Å²) in [5.41, 5.74) is 0.955. The lowest BCUT2D eigenvalue weighted by Crippen LogP contribution is -1.76. The van der Waals surface area contributed by atoms with Crippen LogP contribution in [0, 0.1) is 0 Å². The molecule has 0 bridgehead atoms. The first kappa shape index (κ1) is 11.0. The van der Waals surface area contributed by atoms with Crippen LogP contribution in [0.15, 0.2) is 24.3 Å². The van der Waals surface area contributed by atoms with E-state index in [0.717, 1.165) is 17.7 Å². The molecule has 0 unspecified atom stereocenters. The summed E-state index contributed by atoms with van der Waals surface area (Å²) < 4.78 is 0. The van der Waals surface area contributed by atoms with Gasteiger partial charge in [0, 0.05) is 0 Å². The first-order valence-corrected chi connectivity index (χ1v) is 5.36. The predicted molar refractivity (Wildman–Crippen MR) is 64.0 cm³/mol. The van der Waals surface area contributed by atoms with E-state index < -0.39 is 0 Å². The molecule has 1 aromatic rings. The molecule has 70 valence electrons. The normalized spacial score (nSPS) is 11.0. The lowest BCUT2D eigenvalue weighted by atomic mass is 10.2. The molecule has 0 amide bonds. The van der Waals surface area contributed by atoms with Gasteiger partial charge in [-0.05, 0) is 23.8 Å². The van der Waals surface area contributed by atoms with Crippen molar-refractivity contribution in [3.05, 3.63) is 39.9 Å². The van der Waals surface area contributed by atoms with Crippen molar-refractivity contribution in [3.8, 4) is 0 Å². The average molecular weight is 233 g/mol. The number of benzene rings is 1. The minimum absolute atomic E-state index is 0.592. The molecule has 0 atom stereocenters. The van der Waals surface area contributed by atoms with Gasteiger partial charge in [0.15, 0.2) is 0 Å². The third-order valence-electron chi connectivity index (χ3n) is 1.57. The molecule has 0 N–H and O–H groups in total. The fourth-order valence-corrected chi connectivity index (χ4v) is 1.45. The van der Waals surface area contributed by atoms with Crippen LogP contribution < -0.4 is 0 Å². The summed E-state index contributed by atoms with van der Waals surface area (Å²) in [5.74, 6) is 0.842. The first-order chi connectivity index (χ1) is 6.25. The van der Waals surface area contributed by atoms with E-state index in [1.807, 2.05) is 24.3 Å². The number of rotatable bonds is 3. The van der Waals surface area contributed by atoms with Crippen molar-refractivity contribution < 1.29 is 0 Å². The molecule has 0 nitrogen and oxygen atoms in total. The Kier molecular flexibility index (Phi) is 4.71. The van der Waals surface area contributed by atoms with Gasteiger partial charge in [-0.1, -0.05) is 47.5 Å². The summed E-state index contributed by atoms with van der Waals surface area (Å²) in [6.07, 6.45) is 4.93. The van der Waals surface area contributed by atoms with Gasteiger partial charge >= 0.3 is 0 Å². The quantitative estimate of drug-likeness (QED) is 0.738. The lowest BCUT2D eigenvalue weighted by molar-refractivity contribution is 1.26. The van der Waals surface area contributed by atoms with Gasteiger partial charge in [0.2, 0.25) is 0 Å². The van der Waals surface area contributed by atoms with Crippen LogP contribution in [-0.2, 0) is 0 Å². The summed E-state index contributed by atoms with van der Waals surface area (Å²) in [4.78, 5) is 0. The minimum atomic E-state index is 0.592. The molecule has 0 radical (unpaired) electrons. The summed E-state index contributed by atoms with van der Waals surface area (Å²) in [6.45, 7) is 0. The number of halogens is 2. The van der Waals surface area contributed by atoms with Crippen molar-refractivity contribution >= 4 is 41.9 Å². The van der Waals surface area contributed by atoms with Gasteiger partial charge in [0.25, 0.3) is 0 Å². The van der Waals surface area contributed by atoms with Crippen LogP contribution in [0.2, 0.25) is 10.0 Å². The van der Waals surface area contributed by atoms with E-state index in [2.05, 4.69) is 12.6 Å². The molecule has 0 aliphatic heterocycles. The molecule has 0 fully saturated rings. The molecular weight excluding hydrogens is 223 g/mol. The van der Waals surface area contributed by atoms with Gasteiger partial charge in [-0.25, -0.2) is 0 Å². The third kappa shape index (κ3) is 3.26. The number of hydrogen-bond acceptors (Lipinski definition) is 1. The maximum absolute atomic E-state index is 5.97. The van der Waals surface area contributed by atoms with Crippen molar-refractivity contribution in [2.75, 3.05) is 5.75 Å². The molecule has 1 rings (SSSR count). The molecule has 0 saturated heterocycles. The van der Waals surface area contributed by atoms with Crippen molar-refractivity contribution in [3.63, 3.8) is 0 Å². The fourth-order valence-electron chi connectivity index (χ4n) is 0.934. The highest BCUT2D eigenvalue weighted by Gasteiger charge is 1.99. The maximum Gasteiger partial charge on any atom is 0.0664 e. The van der Waals surface area contributed by atoms with Gasteiger partial charge in [-0.3, -0.25) is 0 Å². The number of thiol groups is 1. The minimum Gasteiger partial charge on any atom is -0.179 e. The molecule has 0 aromatic heterocycles. The summed E-state index contributed by atoms with van der Waals surface area (Å²) in [5, 5.41) is 1.20. The van der Waals surface area contributed by atoms with Gasteiger partial charge in [-0.2, -0.15) is 12.6 Å². The van der Waals surface area contributed by atoms with E-state index in [1.165, 1.54) is 0 Å². The topological polar surface area (TPSA) is 0 Å². The number of hydrogen-bond donors (Lipinski definition) is 1. The van der Waals surface area contributed by atoms with E-state index in [0.29, 0.717) is 10.0 Å². The second-order valence-electron chi connectivity index (χ2n) is 2.56. The molecule has 0 saturated carbocycles. The Morgan fingerprint density at radius 1 is 1.31 bits per heavy atom. The predicted octanol–water partition coefficient (Wildman–Crippen LogP) is 4.33. The van der Waals surface area contributed by atoms with E-state index in [9.17, 15) is 0 Å². The van der Waals surface area contributed by atoms with Crippen LogP contribution >= 0.6 is 35.8 Å². The second kappa shape index (κ2) is 5.58. The van der Waals surface area contributed by atoms with Crippen molar-refractivity contribution in [1.82, 2.24) is 0 Å². The molecule has 3 heteroatoms. The van der Waals surface area contributed by atoms with Crippen LogP contribution in [-0.4, -0.2) is 5.75 Å². The summed E-state index contributed by atoms with van der Waals surface area (Å²) >= 11 is 15.9. The molecule has 1 aromatic carbocycles. The Hall–Kier alpha value is -0.110. The Morgan fingerprint density at radius 2 is 2.08 bits per heavy atom.